The second-order valence-corrected chi connectivity index (χ2v) is 4.18. The van der Waals surface area contributed by atoms with Gasteiger partial charge in [-0.3, -0.25) is 9.35 Å². The number of carbonyl (C=O) groups excluding carboxylic acids is 1. The van der Waals surface area contributed by atoms with Crippen molar-refractivity contribution in [2.75, 3.05) is 12.4 Å². The van der Waals surface area contributed by atoms with Crippen LogP contribution < -0.4 is 0 Å². The maximum absolute atomic E-state index is 10.7. The van der Waals surface area contributed by atoms with Gasteiger partial charge in [0.25, 0.3) is 10.1 Å². The topological polar surface area (TPSA) is 80.7 Å². The minimum Gasteiger partial charge on any atom is -0.466 e. The van der Waals surface area contributed by atoms with Gasteiger partial charge in [-0.2, -0.15) is 8.42 Å². The van der Waals surface area contributed by atoms with Gasteiger partial charge in [-0.25, -0.2) is 0 Å². The van der Waals surface area contributed by atoms with Crippen molar-refractivity contribution in [1.29, 1.82) is 0 Å². The predicted octanol–water partition coefficient (Wildman–Crippen LogP) is 0.227. The second-order valence-electron chi connectivity index (χ2n) is 2.61. The number of hydrogen-bond donors (Lipinski definition) is 1. The van der Waals surface area contributed by atoms with E-state index in [1.165, 1.54) is 0 Å². The number of rotatable bonds is 6. The molecule has 0 fully saturated rings. The molecular weight excluding hydrogens is 219 g/mol. The Morgan fingerprint density at radius 3 is 2.43 bits per heavy atom. The van der Waals surface area contributed by atoms with E-state index in [-0.39, 0.29) is 54.3 Å². The fraction of sp³-hybridized carbons (Fsp3) is 0.857. The molecule has 0 atom stereocenters. The van der Waals surface area contributed by atoms with Crippen LogP contribution in [0.15, 0.2) is 0 Å². The summed E-state index contributed by atoms with van der Waals surface area (Å²) in [6.45, 7) is 1.89. The number of hydrogen-bond acceptors (Lipinski definition) is 4. The van der Waals surface area contributed by atoms with E-state index in [1.54, 1.807) is 0 Å². The number of esters is 1. The summed E-state index contributed by atoms with van der Waals surface area (Å²) in [6.07, 6.45) is 1.18. The van der Waals surface area contributed by atoms with Crippen LogP contribution in [0.3, 0.4) is 0 Å². The molecule has 0 aliphatic carbocycles. The summed E-state index contributed by atoms with van der Waals surface area (Å²) in [7, 11) is -3.93. The SMILES string of the molecule is CCCC(=O)OCCCS(=O)(=O)O.[Na]. The Hall–Kier alpha value is 0.380. The molecule has 0 aromatic rings. The van der Waals surface area contributed by atoms with Crippen molar-refractivity contribution in [3.63, 3.8) is 0 Å². The van der Waals surface area contributed by atoms with Gasteiger partial charge >= 0.3 is 5.97 Å². The Balaban J connectivity index is 0. The fourth-order valence-corrected chi connectivity index (χ4v) is 1.19. The fourth-order valence-electron chi connectivity index (χ4n) is 0.704. The smallest absolute Gasteiger partial charge is 0.305 e. The standard InChI is InChI=1S/C7H14O5S.Na/c1-2-4-7(8)12-5-3-6-13(9,10)11;/h2-6H2,1H3,(H,9,10,11);. The molecule has 5 nitrogen and oxygen atoms in total. The Bertz CT molecular complexity index is 249. The van der Waals surface area contributed by atoms with Crippen molar-refractivity contribution in [1.82, 2.24) is 0 Å². The van der Waals surface area contributed by atoms with Gasteiger partial charge in [0.05, 0.1) is 12.4 Å². The summed E-state index contributed by atoms with van der Waals surface area (Å²) in [5, 5.41) is 0. The minimum atomic E-state index is -3.93. The zero-order chi connectivity index (χ0) is 10.3. The van der Waals surface area contributed by atoms with E-state index in [2.05, 4.69) is 4.74 Å². The van der Waals surface area contributed by atoms with Crippen molar-refractivity contribution in [3.8, 4) is 0 Å². The van der Waals surface area contributed by atoms with E-state index in [9.17, 15) is 13.2 Å². The predicted molar refractivity (Wildman–Crippen MR) is 52.7 cm³/mol. The van der Waals surface area contributed by atoms with Crippen LogP contribution in [0.2, 0.25) is 0 Å². The first-order valence-corrected chi connectivity index (χ1v) is 5.67. The second kappa shape index (κ2) is 8.67. The maximum atomic E-state index is 10.7. The molecule has 1 radical (unpaired) electrons. The molecule has 14 heavy (non-hydrogen) atoms. The zero-order valence-electron chi connectivity index (χ0n) is 8.52. The molecule has 0 saturated heterocycles. The van der Waals surface area contributed by atoms with Crippen LogP contribution in [0.1, 0.15) is 26.2 Å². The van der Waals surface area contributed by atoms with Gasteiger partial charge in [-0.05, 0) is 12.8 Å². The summed E-state index contributed by atoms with van der Waals surface area (Å²) in [6, 6.07) is 0. The van der Waals surface area contributed by atoms with Crippen LogP contribution in [-0.4, -0.2) is 60.9 Å². The van der Waals surface area contributed by atoms with Crippen molar-refractivity contribution in [3.05, 3.63) is 0 Å². The van der Waals surface area contributed by atoms with E-state index in [0.717, 1.165) is 0 Å². The molecule has 0 aliphatic heterocycles. The van der Waals surface area contributed by atoms with E-state index < -0.39 is 10.1 Å². The molecule has 79 valence electrons. The molecular formula is C7H14NaO5S. The average molecular weight is 233 g/mol. The molecule has 0 aromatic heterocycles. The van der Waals surface area contributed by atoms with Gasteiger partial charge < -0.3 is 4.74 Å². The van der Waals surface area contributed by atoms with Gasteiger partial charge in [0.15, 0.2) is 0 Å². The first-order valence-electron chi connectivity index (χ1n) is 4.06. The third-order valence-electron chi connectivity index (χ3n) is 1.26. The first-order chi connectivity index (χ1) is 5.95. The summed E-state index contributed by atoms with van der Waals surface area (Å²) < 4.78 is 33.4. The van der Waals surface area contributed by atoms with Gasteiger partial charge in [0.2, 0.25) is 0 Å². The molecule has 7 heteroatoms. The molecule has 0 amide bonds. The Morgan fingerprint density at radius 2 is 2.00 bits per heavy atom. The van der Waals surface area contributed by atoms with Gasteiger partial charge in [-0.1, -0.05) is 6.92 Å². The maximum Gasteiger partial charge on any atom is 0.305 e. The molecule has 0 saturated carbocycles. The van der Waals surface area contributed by atoms with E-state index in [4.69, 9.17) is 4.55 Å². The van der Waals surface area contributed by atoms with Crippen LogP contribution in [0.25, 0.3) is 0 Å². The van der Waals surface area contributed by atoms with E-state index >= 15 is 0 Å². The Morgan fingerprint density at radius 1 is 1.43 bits per heavy atom. The minimum absolute atomic E-state index is 0. The van der Waals surface area contributed by atoms with E-state index in [0.29, 0.717) is 12.8 Å². The molecule has 0 rings (SSSR count). The van der Waals surface area contributed by atoms with Crippen LogP contribution in [0.5, 0.6) is 0 Å². The monoisotopic (exact) mass is 233 g/mol. The Labute approximate surface area is 106 Å². The molecule has 1 N–H and O–H groups in total. The third-order valence-corrected chi connectivity index (χ3v) is 2.07. The summed E-state index contributed by atoms with van der Waals surface area (Å²) in [4.78, 5) is 10.7. The van der Waals surface area contributed by atoms with Crippen molar-refractivity contribution in [2.24, 2.45) is 0 Å². The largest absolute Gasteiger partial charge is 0.466 e. The van der Waals surface area contributed by atoms with Gasteiger partial charge in [0, 0.05) is 36.0 Å². The first kappa shape index (κ1) is 16.8. The molecule has 0 aliphatic rings. The summed E-state index contributed by atoms with van der Waals surface area (Å²) in [5.74, 6) is -0.704. The van der Waals surface area contributed by atoms with Crippen LogP contribution in [0, 0.1) is 0 Å². The quantitative estimate of drug-likeness (QED) is 0.307. The number of carbonyl (C=O) groups is 1. The molecule has 0 bridgehead atoms. The van der Waals surface area contributed by atoms with Crippen LogP contribution in [0.4, 0.5) is 0 Å². The Kier molecular flexibility index (Phi) is 10.4. The molecule has 0 unspecified atom stereocenters. The van der Waals surface area contributed by atoms with Crippen molar-refractivity contribution < 1.29 is 22.5 Å². The van der Waals surface area contributed by atoms with Gasteiger partial charge in [-0.15, -0.1) is 0 Å². The van der Waals surface area contributed by atoms with E-state index in [1.807, 2.05) is 6.92 Å². The zero-order valence-corrected chi connectivity index (χ0v) is 11.3. The molecule has 0 aromatic carbocycles. The normalized spacial score (nSPS) is 10.4. The van der Waals surface area contributed by atoms with Gasteiger partial charge in [0.1, 0.15) is 0 Å². The van der Waals surface area contributed by atoms with Crippen LogP contribution >= 0.6 is 0 Å². The van der Waals surface area contributed by atoms with Crippen LogP contribution in [-0.2, 0) is 19.6 Å². The third kappa shape index (κ3) is 12.4. The molecule has 0 spiro atoms. The summed E-state index contributed by atoms with van der Waals surface area (Å²) in [5.41, 5.74) is 0. The summed E-state index contributed by atoms with van der Waals surface area (Å²) >= 11 is 0. The molecule has 0 heterocycles. The average Bonchev–Trinajstić information content (AvgIpc) is 1.97. The van der Waals surface area contributed by atoms with Crippen molar-refractivity contribution >= 4 is 45.6 Å². The number of ether oxygens (including phenoxy) is 1. The van der Waals surface area contributed by atoms with Crippen molar-refractivity contribution in [2.45, 2.75) is 26.2 Å².